The van der Waals surface area contributed by atoms with Gasteiger partial charge in [-0.2, -0.15) is 5.48 Å². The topological polar surface area (TPSA) is 149 Å². The van der Waals surface area contributed by atoms with Gasteiger partial charge in [0.25, 0.3) is 11.7 Å². The zero-order valence-corrected chi connectivity index (χ0v) is 21.9. The minimum Gasteiger partial charge on any atom is -0.462 e. The summed E-state index contributed by atoms with van der Waals surface area (Å²) in [6.07, 6.45) is 0.806. The van der Waals surface area contributed by atoms with Crippen LogP contribution in [0.5, 0.6) is 0 Å². The molecule has 2 N–H and O–H groups in total. The molecule has 1 fully saturated rings. The maximum absolute atomic E-state index is 13.1. The fourth-order valence-electron chi connectivity index (χ4n) is 4.30. The molecule has 1 aliphatic heterocycles. The molecule has 2 aromatic carbocycles. The van der Waals surface area contributed by atoms with Crippen molar-refractivity contribution >= 4 is 34.7 Å². The quantitative estimate of drug-likeness (QED) is 0.366. The zero-order chi connectivity index (χ0) is 28.2. The van der Waals surface area contributed by atoms with Crippen LogP contribution in [0.3, 0.4) is 0 Å². The van der Waals surface area contributed by atoms with Gasteiger partial charge in [0.15, 0.2) is 6.61 Å². The van der Waals surface area contributed by atoms with Crippen LogP contribution in [0, 0.1) is 0 Å². The lowest BCUT2D eigenvalue weighted by Gasteiger charge is -2.20. The van der Waals surface area contributed by atoms with E-state index in [0.717, 1.165) is 5.52 Å². The average Bonchev–Trinajstić information content (AvgIpc) is 3.48. The maximum atomic E-state index is 13.1. The molecule has 1 aromatic heterocycles. The van der Waals surface area contributed by atoms with E-state index < -0.39 is 42.6 Å². The number of fused-ring (bicyclic) bond motifs is 1. The van der Waals surface area contributed by atoms with Crippen molar-refractivity contribution in [3.63, 3.8) is 0 Å². The summed E-state index contributed by atoms with van der Waals surface area (Å²) in [4.78, 5) is 60.5. The van der Waals surface area contributed by atoms with Crippen LogP contribution >= 0.6 is 0 Å². The first kappa shape index (κ1) is 27.9. The first-order valence-corrected chi connectivity index (χ1v) is 12.6. The second-order valence-corrected chi connectivity index (χ2v) is 8.84. The van der Waals surface area contributed by atoms with E-state index in [-0.39, 0.29) is 12.5 Å². The largest absolute Gasteiger partial charge is 0.462 e. The van der Waals surface area contributed by atoms with Crippen molar-refractivity contribution in [2.75, 3.05) is 26.3 Å². The van der Waals surface area contributed by atoms with Crippen LogP contribution < -0.4 is 5.48 Å². The van der Waals surface area contributed by atoms with Gasteiger partial charge in [-0.1, -0.05) is 12.1 Å². The van der Waals surface area contributed by atoms with E-state index >= 15 is 0 Å². The van der Waals surface area contributed by atoms with E-state index in [9.17, 15) is 24.3 Å². The molecule has 0 aliphatic carbocycles. The molecule has 39 heavy (non-hydrogen) atoms. The van der Waals surface area contributed by atoms with Gasteiger partial charge in [-0.3, -0.25) is 23.8 Å². The number of Topliss-reactive ketones (excluding diaryl/α,β-unsaturated/α-hetero) is 1. The molecule has 2 atom stereocenters. The Balaban J connectivity index is 1.47. The number of nitrogens with one attached hydrogen (secondary N) is 1. The first-order chi connectivity index (χ1) is 18.7. The van der Waals surface area contributed by atoms with Gasteiger partial charge in [-0.25, -0.2) is 9.78 Å². The molecule has 1 saturated heterocycles. The molecule has 2 heterocycles. The van der Waals surface area contributed by atoms with Crippen LogP contribution in [-0.2, 0) is 28.7 Å². The summed E-state index contributed by atoms with van der Waals surface area (Å²) >= 11 is 0. The number of aliphatic hydroxyl groups is 1. The van der Waals surface area contributed by atoms with Crippen LogP contribution in [0.25, 0.3) is 16.7 Å². The number of carbonyl (C=O) groups excluding carboxylic acids is 4. The number of imidazole rings is 1. The number of amides is 1. The molecule has 1 amide bonds. The normalized spacial score (nSPS) is 18.8. The van der Waals surface area contributed by atoms with Gasteiger partial charge < -0.3 is 19.5 Å². The van der Waals surface area contributed by atoms with Crippen LogP contribution in [-0.4, -0.2) is 75.3 Å². The highest BCUT2D eigenvalue weighted by atomic mass is 16.8. The van der Waals surface area contributed by atoms with Crippen molar-refractivity contribution in [3.05, 3.63) is 59.9 Å². The molecular weight excluding hydrogens is 508 g/mol. The Bertz CT molecular complexity index is 1400. The standard InChI is InChI=1S/C27H30N4O8/c1-4-30(5-2)22(32)15-38-23(33)14-27(36)25(34)24(29-39-27)17-8-7-9-19(12-17)31-16-28-20-13-18(10-11-21(20)31)26(35)37-6-3/h7-13,16,24,29,36H,4-6,14-15H2,1-3H3. The number of hydrogen-bond donors (Lipinski definition) is 2. The van der Waals surface area contributed by atoms with E-state index in [4.69, 9.17) is 14.3 Å². The monoisotopic (exact) mass is 538 g/mol. The fraction of sp³-hybridized carbons (Fsp3) is 0.370. The SMILES string of the molecule is CCOC(=O)c1ccc2c(c1)ncn2-c1cccc(C2NOC(O)(CC(=O)OCC(=O)N(CC)CC)C2=O)c1. The molecule has 1 aliphatic rings. The summed E-state index contributed by atoms with van der Waals surface area (Å²) in [5.41, 5.74) is 5.33. The van der Waals surface area contributed by atoms with Crippen molar-refractivity contribution in [2.24, 2.45) is 0 Å². The number of hydrogen-bond acceptors (Lipinski definition) is 10. The molecule has 12 heteroatoms. The predicted octanol–water partition coefficient (Wildman–Crippen LogP) is 1.84. The maximum Gasteiger partial charge on any atom is 0.338 e. The Kier molecular flexibility index (Phi) is 8.38. The summed E-state index contributed by atoms with van der Waals surface area (Å²) in [7, 11) is 0. The second-order valence-electron chi connectivity index (χ2n) is 8.84. The van der Waals surface area contributed by atoms with Crippen molar-refractivity contribution in [1.82, 2.24) is 19.9 Å². The second kappa shape index (κ2) is 11.7. The lowest BCUT2D eigenvalue weighted by Crippen LogP contribution is -2.41. The minimum atomic E-state index is -2.46. The number of nitrogens with zero attached hydrogens (tertiary/aromatic N) is 3. The summed E-state index contributed by atoms with van der Waals surface area (Å²) in [6, 6.07) is 10.9. The van der Waals surface area contributed by atoms with E-state index in [1.54, 1.807) is 74.1 Å². The lowest BCUT2D eigenvalue weighted by molar-refractivity contribution is -0.210. The lowest BCUT2D eigenvalue weighted by atomic mass is 9.97. The van der Waals surface area contributed by atoms with Crippen LogP contribution in [0.2, 0.25) is 0 Å². The molecule has 206 valence electrons. The van der Waals surface area contributed by atoms with Gasteiger partial charge in [0, 0.05) is 18.8 Å². The third-order valence-electron chi connectivity index (χ3n) is 6.39. The van der Waals surface area contributed by atoms with Gasteiger partial charge in [0.2, 0.25) is 5.78 Å². The molecular formula is C27H30N4O8. The third kappa shape index (κ3) is 5.82. The number of ether oxygens (including phenoxy) is 2. The number of likely N-dealkylation sites (N-methyl/N-ethyl adjacent to an activating group) is 1. The van der Waals surface area contributed by atoms with E-state index in [1.807, 2.05) is 0 Å². The molecule has 2 unspecified atom stereocenters. The summed E-state index contributed by atoms with van der Waals surface area (Å²) in [6.45, 7) is 6.03. The summed E-state index contributed by atoms with van der Waals surface area (Å²) in [5.74, 6) is -5.00. The highest BCUT2D eigenvalue weighted by Gasteiger charge is 2.51. The molecule has 0 radical (unpaired) electrons. The summed E-state index contributed by atoms with van der Waals surface area (Å²) < 4.78 is 11.8. The molecule has 3 aromatic rings. The molecule has 4 rings (SSSR count). The van der Waals surface area contributed by atoms with E-state index in [0.29, 0.717) is 35.4 Å². The number of ketones is 1. The Morgan fingerprint density at radius 3 is 2.62 bits per heavy atom. The number of benzene rings is 2. The Hall–Kier alpha value is -4.13. The zero-order valence-electron chi connectivity index (χ0n) is 21.9. The van der Waals surface area contributed by atoms with Gasteiger partial charge in [-0.15, -0.1) is 0 Å². The number of hydroxylamine groups is 1. The van der Waals surface area contributed by atoms with E-state index in [1.165, 1.54) is 4.90 Å². The summed E-state index contributed by atoms with van der Waals surface area (Å²) in [5, 5.41) is 10.7. The van der Waals surface area contributed by atoms with Crippen molar-refractivity contribution < 1.29 is 38.6 Å². The molecule has 0 saturated carbocycles. The van der Waals surface area contributed by atoms with Crippen molar-refractivity contribution in [1.29, 1.82) is 0 Å². The van der Waals surface area contributed by atoms with Gasteiger partial charge >= 0.3 is 11.9 Å². The average molecular weight is 539 g/mol. The van der Waals surface area contributed by atoms with Gasteiger partial charge in [0.1, 0.15) is 18.8 Å². The highest BCUT2D eigenvalue weighted by Crippen LogP contribution is 2.32. The van der Waals surface area contributed by atoms with Crippen LogP contribution in [0.4, 0.5) is 0 Å². The number of carbonyl (C=O) groups is 4. The van der Waals surface area contributed by atoms with E-state index in [2.05, 4.69) is 10.5 Å². The smallest absolute Gasteiger partial charge is 0.338 e. The molecule has 12 nitrogen and oxygen atoms in total. The first-order valence-electron chi connectivity index (χ1n) is 12.6. The minimum absolute atomic E-state index is 0.266. The Morgan fingerprint density at radius 1 is 1.13 bits per heavy atom. The predicted molar refractivity (Wildman–Crippen MR) is 137 cm³/mol. The highest BCUT2D eigenvalue weighted by molar-refractivity contribution is 5.96. The molecule has 0 spiro atoms. The van der Waals surface area contributed by atoms with Crippen molar-refractivity contribution in [3.8, 4) is 5.69 Å². The number of aromatic nitrogens is 2. The van der Waals surface area contributed by atoms with Crippen LogP contribution in [0.15, 0.2) is 48.8 Å². The Morgan fingerprint density at radius 2 is 1.90 bits per heavy atom. The fourth-order valence-corrected chi connectivity index (χ4v) is 4.30. The van der Waals surface area contributed by atoms with Gasteiger partial charge in [-0.05, 0) is 56.7 Å². The number of esters is 2. The number of rotatable bonds is 10. The van der Waals surface area contributed by atoms with Gasteiger partial charge in [0.05, 0.1) is 23.2 Å². The Labute approximate surface area is 224 Å². The molecule has 0 bridgehead atoms. The van der Waals surface area contributed by atoms with Crippen LogP contribution in [0.1, 0.15) is 49.2 Å². The van der Waals surface area contributed by atoms with Crippen molar-refractivity contribution in [2.45, 2.75) is 39.0 Å². The third-order valence-corrected chi connectivity index (χ3v) is 6.39.